The molecule has 178 valence electrons. The van der Waals surface area contributed by atoms with Crippen LogP contribution in [0.15, 0.2) is 30.3 Å². The topological polar surface area (TPSA) is 147 Å². The highest BCUT2D eigenvalue weighted by Gasteiger charge is 2.45. The maximum absolute atomic E-state index is 10.4. The van der Waals surface area contributed by atoms with E-state index in [0.29, 0.717) is 16.5 Å². The van der Waals surface area contributed by atoms with Gasteiger partial charge in [0.15, 0.2) is 23.0 Å². The molecule has 0 bridgehead atoms. The standard InChI is InChI=1S/C23H26O10/c1-29-14-8-12-10(6-13(14)25)4-5-11-7-15(21(30-2)22(31-3)17(11)12)32-23-20(28)19(27)18(26)16(9-24)33-23/h4-8,16,18-20,23-28H,9H2,1-3H3. The van der Waals surface area contributed by atoms with E-state index in [-0.39, 0.29) is 23.0 Å². The fraction of sp³-hybridized carbons (Fsp3) is 0.391. The van der Waals surface area contributed by atoms with E-state index in [0.717, 1.165) is 10.8 Å². The lowest BCUT2D eigenvalue weighted by Crippen LogP contribution is -2.60. The van der Waals surface area contributed by atoms with Crippen LogP contribution in [-0.4, -0.2) is 84.2 Å². The molecule has 1 aliphatic rings. The maximum atomic E-state index is 10.4. The number of aliphatic hydroxyl groups excluding tert-OH is 4. The number of fused-ring (bicyclic) bond motifs is 3. The first kappa shape index (κ1) is 23.1. The van der Waals surface area contributed by atoms with E-state index in [1.54, 1.807) is 30.3 Å². The van der Waals surface area contributed by atoms with Crippen molar-refractivity contribution >= 4 is 21.5 Å². The van der Waals surface area contributed by atoms with Gasteiger partial charge in [-0.1, -0.05) is 12.1 Å². The second kappa shape index (κ2) is 9.08. The van der Waals surface area contributed by atoms with Crippen LogP contribution in [0, 0.1) is 0 Å². The summed E-state index contributed by atoms with van der Waals surface area (Å²) in [6.07, 6.45) is -7.19. The summed E-state index contributed by atoms with van der Waals surface area (Å²) >= 11 is 0. The molecule has 33 heavy (non-hydrogen) atoms. The molecule has 1 heterocycles. The van der Waals surface area contributed by atoms with Crippen molar-refractivity contribution in [1.29, 1.82) is 0 Å². The molecular weight excluding hydrogens is 436 g/mol. The highest BCUT2D eigenvalue weighted by Crippen LogP contribution is 2.48. The molecule has 1 fully saturated rings. The summed E-state index contributed by atoms with van der Waals surface area (Å²) in [7, 11) is 4.34. The third-order valence-electron chi connectivity index (χ3n) is 5.79. The second-order valence-electron chi connectivity index (χ2n) is 7.67. The Balaban J connectivity index is 1.86. The number of aliphatic hydroxyl groups is 4. The highest BCUT2D eigenvalue weighted by molar-refractivity contribution is 6.13. The Morgan fingerprint density at radius 3 is 2.15 bits per heavy atom. The van der Waals surface area contributed by atoms with Crippen molar-refractivity contribution in [2.75, 3.05) is 27.9 Å². The number of benzene rings is 3. The predicted molar refractivity (Wildman–Crippen MR) is 117 cm³/mol. The zero-order valence-corrected chi connectivity index (χ0v) is 18.3. The Hall–Kier alpha value is -3.02. The van der Waals surface area contributed by atoms with Crippen LogP contribution < -0.4 is 18.9 Å². The van der Waals surface area contributed by atoms with Gasteiger partial charge in [0.05, 0.1) is 27.9 Å². The summed E-state index contributed by atoms with van der Waals surface area (Å²) < 4.78 is 27.8. The molecule has 0 saturated carbocycles. The fourth-order valence-corrected chi connectivity index (χ4v) is 4.09. The maximum Gasteiger partial charge on any atom is 0.229 e. The van der Waals surface area contributed by atoms with Crippen LogP contribution in [0.25, 0.3) is 21.5 Å². The summed E-state index contributed by atoms with van der Waals surface area (Å²) in [6.45, 7) is -0.580. The number of hydrogen-bond donors (Lipinski definition) is 5. The molecule has 5 atom stereocenters. The number of aromatic hydroxyl groups is 1. The average Bonchev–Trinajstić information content (AvgIpc) is 2.82. The van der Waals surface area contributed by atoms with Gasteiger partial charge in [0.2, 0.25) is 12.0 Å². The molecule has 0 radical (unpaired) electrons. The van der Waals surface area contributed by atoms with Crippen molar-refractivity contribution in [3.63, 3.8) is 0 Å². The minimum atomic E-state index is -1.59. The molecule has 10 heteroatoms. The predicted octanol–water partition coefficient (Wildman–Crippen LogP) is 0.903. The lowest BCUT2D eigenvalue weighted by molar-refractivity contribution is -0.277. The van der Waals surface area contributed by atoms with Crippen LogP contribution in [0.5, 0.6) is 28.7 Å². The number of hydrogen-bond acceptors (Lipinski definition) is 10. The van der Waals surface area contributed by atoms with Crippen molar-refractivity contribution in [1.82, 2.24) is 0 Å². The smallest absolute Gasteiger partial charge is 0.229 e. The Kier molecular flexibility index (Phi) is 6.37. The molecule has 10 nitrogen and oxygen atoms in total. The van der Waals surface area contributed by atoms with Crippen LogP contribution in [0.1, 0.15) is 0 Å². The van der Waals surface area contributed by atoms with Gasteiger partial charge >= 0.3 is 0 Å². The molecular formula is C23H26O10. The molecule has 3 aromatic carbocycles. The first-order chi connectivity index (χ1) is 15.8. The zero-order valence-electron chi connectivity index (χ0n) is 18.3. The first-order valence-corrected chi connectivity index (χ1v) is 10.2. The normalized spacial score (nSPS) is 25.2. The minimum Gasteiger partial charge on any atom is -0.504 e. The van der Waals surface area contributed by atoms with E-state index in [1.165, 1.54) is 21.3 Å². The number of methoxy groups -OCH3 is 3. The molecule has 5 unspecified atom stereocenters. The molecule has 0 aromatic heterocycles. The largest absolute Gasteiger partial charge is 0.504 e. The van der Waals surface area contributed by atoms with E-state index in [2.05, 4.69) is 0 Å². The minimum absolute atomic E-state index is 0.00199. The number of ether oxygens (including phenoxy) is 5. The zero-order chi connectivity index (χ0) is 23.9. The Bertz CT molecular complexity index is 1160. The second-order valence-corrected chi connectivity index (χ2v) is 7.67. The van der Waals surface area contributed by atoms with E-state index in [4.69, 9.17) is 23.7 Å². The molecule has 0 aliphatic carbocycles. The molecule has 5 N–H and O–H groups in total. The Morgan fingerprint density at radius 1 is 0.818 bits per heavy atom. The quantitative estimate of drug-likeness (QED) is 0.335. The van der Waals surface area contributed by atoms with Crippen LogP contribution in [0.2, 0.25) is 0 Å². The van der Waals surface area contributed by atoms with Gasteiger partial charge in [0.1, 0.15) is 24.4 Å². The van der Waals surface area contributed by atoms with Gasteiger partial charge in [0.25, 0.3) is 0 Å². The fourth-order valence-electron chi connectivity index (χ4n) is 4.09. The van der Waals surface area contributed by atoms with Crippen molar-refractivity contribution in [2.45, 2.75) is 30.7 Å². The van der Waals surface area contributed by atoms with Crippen LogP contribution in [-0.2, 0) is 4.74 Å². The van der Waals surface area contributed by atoms with Crippen LogP contribution in [0.3, 0.4) is 0 Å². The molecule has 1 saturated heterocycles. The molecule has 3 aromatic rings. The van der Waals surface area contributed by atoms with Gasteiger partial charge in [-0.25, -0.2) is 0 Å². The number of rotatable bonds is 6. The van der Waals surface area contributed by atoms with E-state index in [1.807, 2.05) is 0 Å². The van der Waals surface area contributed by atoms with E-state index in [9.17, 15) is 25.5 Å². The number of phenols is 1. The summed E-state index contributed by atoms with van der Waals surface area (Å²) in [5, 5.41) is 52.9. The SMILES string of the molecule is COc1cc2c(ccc3cc(OC4OC(CO)C(O)C(O)C4O)c(OC)c(OC)c32)cc1O. The summed E-state index contributed by atoms with van der Waals surface area (Å²) in [4.78, 5) is 0. The highest BCUT2D eigenvalue weighted by atomic mass is 16.7. The molecule has 1 aliphatic heterocycles. The third kappa shape index (κ3) is 3.85. The van der Waals surface area contributed by atoms with E-state index < -0.39 is 37.3 Å². The number of phenolic OH excluding ortho intramolecular Hbond substituents is 1. The van der Waals surface area contributed by atoms with Crippen LogP contribution in [0.4, 0.5) is 0 Å². The Labute approximate surface area is 189 Å². The van der Waals surface area contributed by atoms with Gasteiger partial charge in [-0.05, 0) is 34.4 Å². The molecule has 4 rings (SSSR count). The van der Waals surface area contributed by atoms with Crippen molar-refractivity contribution < 1.29 is 49.2 Å². The Morgan fingerprint density at radius 2 is 1.52 bits per heavy atom. The average molecular weight is 462 g/mol. The van der Waals surface area contributed by atoms with E-state index >= 15 is 0 Å². The molecule has 0 spiro atoms. The van der Waals surface area contributed by atoms with Gasteiger partial charge in [-0.3, -0.25) is 0 Å². The van der Waals surface area contributed by atoms with Crippen LogP contribution >= 0.6 is 0 Å². The monoisotopic (exact) mass is 462 g/mol. The van der Waals surface area contributed by atoms with Gasteiger partial charge in [-0.2, -0.15) is 0 Å². The van der Waals surface area contributed by atoms with Gasteiger partial charge < -0.3 is 49.2 Å². The van der Waals surface area contributed by atoms with Gasteiger partial charge in [-0.15, -0.1) is 0 Å². The first-order valence-electron chi connectivity index (χ1n) is 10.2. The summed E-state index contributed by atoms with van der Waals surface area (Å²) in [5.74, 6) is 0.959. The lowest BCUT2D eigenvalue weighted by Gasteiger charge is -2.39. The van der Waals surface area contributed by atoms with Gasteiger partial charge in [0, 0.05) is 5.39 Å². The third-order valence-corrected chi connectivity index (χ3v) is 5.79. The van der Waals surface area contributed by atoms with Crippen molar-refractivity contribution in [3.05, 3.63) is 30.3 Å². The lowest BCUT2D eigenvalue weighted by atomic mass is 9.98. The summed E-state index contributed by atoms with van der Waals surface area (Å²) in [6, 6.07) is 8.52. The van der Waals surface area contributed by atoms with Crippen molar-refractivity contribution in [2.24, 2.45) is 0 Å². The molecule has 0 amide bonds. The summed E-state index contributed by atoms with van der Waals surface area (Å²) in [5.41, 5.74) is 0. The van der Waals surface area contributed by atoms with Crippen molar-refractivity contribution in [3.8, 4) is 28.7 Å².